The van der Waals surface area contributed by atoms with Crippen LogP contribution < -0.4 is 0 Å². The maximum atomic E-state index is 14.1. The van der Waals surface area contributed by atoms with E-state index in [0.717, 1.165) is 10.2 Å². The summed E-state index contributed by atoms with van der Waals surface area (Å²) in [5.74, 6) is 0.0321. The van der Waals surface area contributed by atoms with Crippen molar-refractivity contribution >= 4 is 31.1 Å². The molecule has 0 aliphatic carbocycles. The Balaban J connectivity index is 2.27. The molecule has 0 spiro atoms. The summed E-state index contributed by atoms with van der Waals surface area (Å²) in [6.07, 6.45) is 1.53. The fourth-order valence-electron chi connectivity index (χ4n) is 4.03. The molecular weight excluding hydrogens is 582 g/mol. The molecule has 0 aliphatic rings. The topological polar surface area (TPSA) is 109 Å². The second kappa shape index (κ2) is 13.3. The fourth-order valence-corrected chi connectivity index (χ4v) is 9.79. The van der Waals surface area contributed by atoms with Gasteiger partial charge in [-0.3, -0.25) is 9.13 Å². The van der Waals surface area contributed by atoms with Gasteiger partial charge in [-0.2, -0.15) is 5.10 Å². The van der Waals surface area contributed by atoms with Gasteiger partial charge >= 0.3 is 15.2 Å². The number of aromatic nitrogens is 2. The maximum absolute atomic E-state index is 14.1. The minimum Gasteiger partial charge on any atom is -0.507 e. The first-order chi connectivity index (χ1) is 17.7. The molecule has 0 amide bonds. The van der Waals surface area contributed by atoms with Gasteiger partial charge in [0.2, 0.25) is 0 Å². The van der Waals surface area contributed by atoms with Crippen molar-refractivity contribution in [1.29, 1.82) is 0 Å². The quantitative estimate of drug-likeness (QED) is 0.187. The van der Waals surface area contributed by atoms with Crippen LogP contribution in [0.4, 0.5) is 0 Å². The van der Waals surface area contributed by atoms with E-state index in [4.69, 9.17) is 18.1 Å². The van der Waals surface area contributed by atoms with Crippen molar-refractivity contribution < 1.29 is 32.3 Å². The third-order valence-corrected chi connectivity index (χ3v) is 12.1. The highest BCUT2D eigenvalue weighted by molar-refractivity contribution is 9.10. The predicted octanol–water partition coefficient (Wildman–Crippen LogP) is 7.41. The van der Waals surface area contributed by atoms with E-state index in [-0.39, 0.29) is 38.6 Å². The molecule has 0 saturated heterocycles. The summed E-state index contributed by atoms with van der Waals surface area (Å²) in [7, 11) is -7.99. The van der Waals surface area contributed by atoms with Gasteiger partial charge in [0, 0.05) is 22.0 Å². The van der Waals surface area contributed by atoms with Crippen molar-refractivity contribution in [2.75, 3.05) is 26.4 Å². The van der Waals surface area contributed by atoms with E-state index in [1.807, 2.05) is 24.3 Å². The molecule has 0 aliphatic heterocycles. The fraction of sp³-hybridized carbons (Fsp3) is 0.400. The SMILES string of the molecule is CCOP(=O)(OCC)C(Cc1cnn(-c2ccccc2Br)c1-c1ccccc1O)P(=O)(OCC)OCC. The summed E-state index contributed by atoms with van der Waals surface area (Å²) in [5, 5.41) is 14.1. The largest absolute Gasteiger partial charge is 0.507 e. The van der Waals surface area contributed by atoms with E-state index in [0.29, 0.717) is 16.8 Å². The second-order valence-corrected chi connectivity index (χ2v) is 13.5. The number of rotatable bonds is 14. The zero-order valence-electron chi connectivity index (χ0n) is 21.4. The van der Waals surface area contributed by atoms with Gasteiger partial charge < -0.3 is 23.2 Å². The van der Waals surface area contributed by atoms with Crippen molar-refractivity contribution in [2.45, 2.75) is 39.5 Å². The Labute approximate surface area is 226 Å². The second-order valence-electron chi connectivity index (χ2n) is 7.83. The average molecular weight is 615 g/mol. The summed E-state index contributed by atoms with van der Waals surface area (Å²) >= 11 is 3.57. The van der Waals surface area contributed by atoms with Crippen molar-refractivity contribution in [1.82, 2.24) is 9.78 Å². The first-order valence-electron chi connectivity index (χ1n) is 12.1. The Bertz CT molecular complexity index is 1230. The van der Waals surface area contributed by atoms with Gasteiger partial charge in [-0.15, -0.1) is 0 Å². The number of phenolic OH excluding ortho intramolecular Hbond substituents is 1. The monoisotopic (exact) mass is 614 g/mol. The van der Waals surface area contributed by atoms with Crippen LogP contribution in [0.3, 0.4) is 0 Å². The van der Waals surface area contributed by atoms with Crippen LogP contribution in [-0.2, 0) is 33.6 Å². The normalized spacial score (nSPS) is 12.4. The zero-order chi connectivity index (χ0) is 27.1. The molecule has 1 aromatic heterocycles. The van der Waals surface area contributed by atoms with E-state index in [1.54, 1.807) is 62.8 Å². The Morgan fingerprint density at radius 3 is 1.89 bits per heavy atom. The van der Waals surface area contributed by atoms with Crippen molar-refractivity contribution in [3.05, 3.63) is 64.8 Å². The molecule has 0 radical (unpaired) electrons. The van der Waals surface area contributed by atoms with Gasteiger partial charge in [-0.25, -0.2) is 4.68 Å². The van der Waals surface area contributed by atoms with Crippen LogP contribution in [0.5, 0.6) is 5.75 Å². The average Bonchev–Trinajstić information content (AvgIpc) is 3.27. The third-order valence-electron chi connectivity index (χ3n) is 5.45. The molecule has 3 aromatic rings. The number of benzene rings is 2. The molecule has 2 aromatic carbocycles. The molecule has 0 unspecified atom stereocenters. The number of hydrogen-bond acceptors (Lipinski definition) is 8. The lowest BCUT2D eigenvalue weighted by Gasteiger charge is -2.31. The van der Waals surface area contributed by atoms with E-state index in [1.165, 1.54) is 0 Å². The molecule has 0 saturated carbocycles. The van der Waals surface area contributed by atoms with Crippen LogP contribution in [0, 0.1) is 0 Å². The van der Waals surface area contributed by atoms with Crippen LogP contribution in [0.15, 0.2) is 59.2 Å². The standard InChI is InChI=1S/C25H33BrN2O7P2/c1-5-32-36(30,33-6-2)24(37(31,34-7-3)35-8-4)17-19-18-27-28(22-15-11-10-14-21(22)26)25(19)20-13-9-12-16-23(20)29/h9-16,18,24,29H,5-8,17H2,1-4H3. The van der Waals surface area contributed by atoms with Crippen molar-refractivity contribution in [2.24, 2.45) is 0 Å². The molecule has 1 N–H and O–H groups in total. The van der Waals surface area contributed by atoms with Crippen LogP contribution in [-0.4, -0.2) is 46.7 Å². The smallest absolute Gasteiger partial charge is 0.346 e. The molecule has 0 atom stereocenters. The lowest BCUT2D eigenvalue weighted by atomic mass is 10.0. The van der Waals surface area contributed by atoms with Crippen LogP contribution in [0.1, 0.15) is 33.3 Å². The number of halogens is 1. The predicted molar refractivity (Wildman–Crippen MR) is 148 cm³/mol. The van der Waals surface area contributed by atoms with Crippen molar-refractivity contribution in [3.8, 4) is 22.7 Å². The molecule has 0 fully saturated rings. The van der Waals surface area contributed by atoms with E-state index in [2.05, 4.69) is 21.0 Å². The first kappa shape index (κ1) is 29.8. The maximum Gasteiger partial charge on any atom is 0.346 e. The molecule has 9 nitrogen and oxygen atoms in total. The lowest BCUT2D eigenvalue weighted by molar-refractivity contribution is 0.195. The van der Waals surface area contributed by atoms with E-state index < -0.39 is 20.6 Å². The van der Waals surface area contributed by atoms with Crippen LogP contribution >= 0.6 is 31.1 Å². The van der Waals surface area contributed by atoms with Gasteiger partial charge in [0.25, 0.3) is 0 Å². The van der Waals surface area contributed by atoms with Crippen LogP contribution in [0.25, 0.3) is 16.9 Å². The van der Waals surface area contributed by atoms with Crippen molar-refractivity contribution in [3.63, 3.8) is 0 Å². The molecule has 202 valence electrons. The first-order valence-corrected chi connectivity index (χ1v) is 16.1. The van der Waals surface area contributed by atoms with Gasteiger partial charge in [0.1, 0.15) is 5.75 Å². The highest BCUT2D eigenvalue weighted by Crippen LogP contribution is 2.71. The van der Waals surface area contributed by atoms with Gasteiger partial charge in [-0.05, 0) is 67.9 Å². The minimum atomic E-state index is -3.99. The Morgan fingerprint density at radius 2 is 1.38 bits per heavy atom. The van der Waals surface area contributed by atoms with Gasteiger partial charge in [0.15, 0.2) is 5.40 Å². The Kier molecular flexibility index (Phi) is 10.7. The summed E-state index contributed by atoms with van der Waals surface area (Å²) in [4.78, 5) is 0. The van der Waals surface area contributed by atoms with E-state index >= 15 is 0 Å². The summed E-state index contributed by atoms with van der Waals surface area (Å²) in [6.45, 7) is 7.06. The minimum absolute atomic E-state index is 0.0321. The van der Waals surface area contributed by atoms with Gasteiger partial charge in [-0.1, -0.05) is 24.3 Å². The third kappa shape index (κ3) is 6.63. The van der Waals surface area contributed by atoms with Gasteiger partial charge in [0.05, 0.1) is 44.0 Å². The number of phenols is 1. The van der Waals surface area contributed by atoms with E-state index in [9.17, 15) is 14.2 Å². The summed E-state index contributed by atoms with van der Waals surface area (Å²) in [6, 6.07) is 14.4. The molecule has 1 heterocycles. The Hall–Kier alpha value is -1.77. The highest BCUT2D eigenvalue weighted by atomic mass is 79.9. The Morgan fingerprint density at radius 1 is 0.865 bits per heavy atom. The highest BCUT2D eigenvalue weighted by Gasteiger charge is 2.51. The summed E-state index contributed by atoms with van der Waals surface area (Å²) < 4.78 is 53.2. The zero-order valence-corrected chi connectivity index (χ0v) is 24.7. The van der Waals surface area contributed by atoms with Crippen LogP contribution in [0.2, 0.25) is 0 Å². The summed E-state index contributed by atoms with van der Waals surface area (Å²) in [5.41, 5.74) is 2.31. The lowest BCUT2D eigenvalue weighted by Crippen LogP contribution is -2.20. The molecule has 0 bridgehead atoms. The molecule has 37 heavy (non-hydrogen) atoms. The molecular formula is C25H33BrN2O7P2. The molecule has 3 rings (SSSR count). The number of aromatic hydroxyl groups is 1. The number of nitrogens with zero attached hydrogens (tertiary/aromatic N) is 2. The number of para-hydroxylation sites is 2. The number of hydrogen-bond donors (Lipinski definition) is 1. The molecule has 12 heteroatoms.